The summed E-state index contributed by atoms with van der Waals surface area (Å²) >= 11 is 0. The number of nitrogens with two attached hydrogens (primary N) is 1. The Balaban J connectivity index is 1.64. The standard InChI is InChI=1S/C25H24N4O4/c1-32-21-11-10-16(14-22(21)33-2)20-9-5-13-29(28-20)25(31)19-8-3-7-18(23(19)26)24(30)17-6-4-12-27-15-17/h3-4,6-8,10-12,14-15H,5,9,13,26H2,1-2H3. The second-order valence-electron chi connectivity index (χ2n) is 7.49. The molecule has 3 aromatic rings. The van der Waals surface area contributed by atoms with Crippen LogP contribution in [0.3, 0.4) is 0 Å². The van der Waals surface area contributed by atoms with Crippen LogP contribution in [-0.4, -0.2) is 48.2 Å². The lowest BCUT2D eigenvalue weighted by atomic mass is 9.99. The number of hydrogen-bond acceptors (Lipinski definition) is 7. The van der Waals surface area contributed by atoms with Gasteiger partial charge in [-0.25, -0.2) is 5.01 Å². The summed E-state index contributed by atoms with van der Waals surface area (Å²) < 4.78 is 10.7. The van der Waals surface area contributed by atoms with E-state index in [0.717, 1.165) is 17.7 Å². The Labute approximate surface area is 191 Å². The summed E-state index contributed by atoms with van der Waals surface area (Å²) in [5.74, 6) is 0.565. The maximum Gasteiger partial charge on any atom is 0.276 e. The van der Waals surface area contributed by atoms with Crippen LogP contribution in [0.2, 0.25) is 0 Å². The van der Waals surface area contributed by atoms with E-state index in [4.69, 9.17) is 15.2 Å². The van der Waals surface area contributed by atoms with Crippen LogP contribution in [-0.2, 0) is 0 Å². The van der Waals surface area contributed by atoms with E-state index >= 15 is 0 Å². The van der Waals surface area contributed by atoms with Crippen molar-refractivity contribution in [2.45, 2.75) is 12.8 Å². The number of rotatable bonds is 6. The first-order chi connectivity index (χ1) is 16.0. The number of ketones is 1. The zero-order valence-electron chi connectivity index (χ0n) is 18.4. The van der Waals surface area contributed by atoms with E-state index in [0.29, 0.717) is 30.0 Å². The molecule has 0 radical (unpaired) electrons. The molecular formula is C25H24N4O4. The number of ether oxygens (including phenoxy) is 2. The maximum absolute atomic E-state index is 13.3. The number of aromatic nitrogens is 1. The second-order valence-corrected chi connectivity index (χ2v) is 7.49. The highest BCUT2D eigenvalue weighted by atomic mass is 16.5. The number of methoxy groups -OCH3 is 2. The molecule has 0 saturated heterocycles. The summed E-state index contributed by atoms with van der Waals surface area (Å²) in [5, 5.41) is 5.99. The summed E-state index contributed by atoms with van der Waals surface area (Å²) in [6.45, 7) is 0.454. The fourth-order valence-corrected chi connectivity index (χ4v) is 3.75. The highest BCUT2D eigenvalue weighted by Crippen LogP contribution is 2.30. The van der Waals surface area contributed by atoms with Crippen molar-refractivity contribution in [1.82, 2.24) is 9.99 Å². The quantitative estimate of drug-likeness (QED) is 0.460. The molecule has 0 spiro atoms. The number of carbonyl (C=O) groups is 2. The largest absolute Gasteiger partial charge is 0.493 e. The normalized spacial score (nSPS) is 13.3. The van der Waals surface area contributed by atoms with Crippen molar-refractivity contribution in [2.24, 2.45) is 5.10 Å². The third kappa shape index (κ3) is 4.41. The second kappa shape index (κ2) is 9.52. The molecule has 8 nitrogen and oxygen atoms in total. The van der Waals surface area contributed by atoms with Gasteiger partial charge in [-0.15, -0.1) is 0 Å². The van der Waals surface area contributed by atoms with Crippen LogP contribution in [0.1, 0.15) is 44.7 Å². The summed E-state index contributed by atoms with van der Waals surface area (Å²) in [7, 11) is 3.15. The Hall–Kier alpha value is -4.20. The van der Waals surface area contributed by atoms with Crippen LogP contribution in [0.4, 0.5) is 5.69 Å². The van der Waals surface area contributed by atoms with Gasteiger partial charge < -0.3 is 15.2 Å². The van der Waals surface area contributed by atoms with Gasteiger partial charge in [0, 0.05) is 35.6 Å². The van der Waals surface area contributed by atoms with Crippen LogP contribution in [0.15, 0.2) is 66.0 Å². The van der Waals surface area contributed by atoms with Crippen LogP contribution in [0, 0.1) is 0 Å². The number of para-hydroxylation sites is 1. The summed E-state index contributed by atoms with van der Waals surface area (Å²) in [4.78, 5) is 30.2. The number of benzene rings is 2. The van der Waals surface area contributed by atoms with Crippen LogP contribution >= 0.6 is 0 Å². The Kier molecular flexibility index (Phi) is 6.35. The van der Waals surface area contributed by atoms with Crippen molar-refractivity contribution >= 4 is 23.1 Å². The molecule has 1 aliphatic rings. The van der Waals surface area contributed by atoms with Crippen LogP contribution in [0.25, 0.3) is 0 Å². The molecule has 4 rings (SSSR count). The Bertz CT molecular complexity index is 1220. The molecule has 0 aliphatic carbocycles. The predicted octanol–water partition coefficient (Wildman–Crippen LogP) is 3.55. The van der Waals surface area contributed by atoms with Gasteiger partial charge >= 0.3 is 0 Å². The third-order valence-corrected chi connectivity index (χ3v) is 5.48. The smallest absolute Gasteiger partial charge is 0.276 e. The van der Waals surface area contributed by atoms with Crippen molar-refractivity contribution < 1.29 is 19.1 Å². The van der Waals surface area contributed by atoms with Crippen molar-refractivity contribution in [2.75, 3.05) is 26.5 Å². The molecule has 1 aliphatic heterocycles. The SMILES string of the molecule is COc1ccc(C2=NN(C(=O)c3cccc(C(=O)c4cccnc4)c3N)CCC2)cc1OC. The van der Waals surface area contributed by atoms with Gasteiger partial charge in [-0.1, -0.05) is 6.07 Å². The van der Waals surface area contributed by atoms with Gasteiger partial charge in [0.05, 0.1) is 31.2 Å². The minimum atomic E-state index is -0.356. The van der Waals surface area contributed by atoms with Crippen LogP contribution < -0.4 is 15.2 Å². The molecule has 168 valence electrons. The fraction of sp³-hybridized carbons (Fsp3) is 0.200. The monoisotopic (exact) mass is 444 g/mol. The maximum atomic E-state index is 13.3. The average Bonchev–Trinajstić information content (AvgIpc) is 2.88. The summed E-state index contributed by atoms with van der Waals surface area (Å²) in [6.07, 6.45) is 4.52. The predicted molar refractivity (Wildman–Crippen MR) is 125 cm³/mol. The lowest BCUT2D eigenvalue weighted by molar-refractivity contribution is 0.0752. The van der Waals surface area contributed by atoms with Crippen molar-refractivity contribution in [3.05, 3.63) is 83.2 Å². The molecule has 0 fully saturated rings. The molecule has 2 aromatic carbocycles. The molecule has 0 unspecified atom stereocenters. The number of hydrazone groups is 1. The van der Waals surface area contributed by atoms with Gasteiger partial charge in [0.25, 0.3) is 5.91 Å². The topological polar surface area (TPSA) is 107 Å². The van der Waals surface area contributed by atoms with E-state index < -0.39 is 0 Å². The first-order valence-corrected chi connectivity index (χ1v) is 10.5. The number of amides is 1. The number of nitrogen functional groups attached to an aromatic ring is 1. The molecular weight excluding hydrogens is 420 g/mol. The van der Waals surface area contributed by atoms with Gasteiger partial charge in [0.2, 0.25) is 0 Å². The highest BCUT2D eigenvalue weighted by Gasteiger charge is 2.25. The van der Waals surface area contributed by atoms with E-state index in [2.05, 4.69) is 10.1 Å². The Morgan fingerprint density at radius 3 is 2.52 bits per heavy atom. The molecule has 1 aromatic heterocycles. The lowest BCUT2D eigenvalue weighted by Gasteiger charge is -2.25. The van der Waals surface area contributed by atoms with Crippen LogP contribution in [0.5, 0.6) is 11.5 Å². The van der Waals surface area contributed by atoms with Crippen molar-refractivity contribution in [1.29, 1.82) is 0 Å². The van der Waals surface area contributed by atoms with Crippen molar-refractivity contribution in [3.8, 4) is 11.5 Å². The van der Waals surface area contributed by atoms with Gasteiger partial charge in [-0.2, -0.15) is 5.10 Å². The van der Waals surface area contributed by atoms with E-state index in [1.54, 1.807) is 50.7 Å². The van der Waals surface area contributed by atoms with Gasteiger partial charge in [-0.05, 0) is 55.3 Å². The number of hydrogen-bond donors (Lipinski definition) is 1. The zero-order valence-corrected chi connectivity index (χ0v) is 18.4. The molecule has 33 heavy (non-hydrogen) atoms. The van der Waals surface area contributed by atoms with Gasteiger partial charge in [0.1, 0.15) is 0 Å². The Morgan fingerprint density at radius 1 is 1.00 bits per heavy atom. The van der Waals surface area contributed by atoms with E-state index in [9.17, 15) is 9.59 Å². The van der Waals surface area contributed by atoms with E-state index in [-0.39, 0.29) is 28.5 Å². The van der Waals surface area contributed by atoms with Gasteiger partial charge in [0.15, 0.2) is 17.3 Å². The minimum Gasteiger partial charge on any atom is -0.493 e. The molecule has 0 saturated carbocycles. The average molecular weight is 444 g/mol. The molecule has 0 bridgehead atoms. The molecule has 1 amide bonds. The van der Waals surface area contributed by atoms with E-state index in [1.165, 1.54) is 11.2 Å². The zero-order chi connectivity index (χ0) is 23.4. The number of carbonyl (C=O) groups excluding carboxylic acids is 2. The first-order valence-electron chi connectivity index (χ1n) is 10.5. The molecule has 0 atom stereocenters. The Morgan fingerprint density at radius 2 is 1.79 bits per heavy atom. The summed E-state index contributed by atoms with van der Waals surface area (Å²) in [6, 6.07) is 13.7. The number of pyridine rings is 1. The number of anilines is 1. The fourth-order valence-electron chi connectivity index (χ4n) is 3.75. The molecule has 2 heterocycles. The van der Waals surface area contributed by atoms with Gasteiger partial charge in [-0.3, -0.25) is 14.6 Å². The number of nitrogens with zero attached hydrogens (tertiary/aromatic N) is 3. The third-order valence-electron chi connectivity index (χ3n) is 5.48. The minimum absolute atomic E-state index is 0.129. The molecule has 2 N–H and O–H groups in total. The first kappa shape index (κ1) is 22.0. The highest BCUT2D eigenvalue weighted by molar-refractivity contribution is 6.15. The molecule has 8 heteroatoms. The lowest BCUT2D eigenvalue weighted by Crippen LogP contribution is -2.33. The van der Waals surface area contributed by atoms with Crippen molar-refractivity contribution in [3.63, 3.8) is 0 Å². The van der Waals surface area contributed by atoms with E-state index in [1.807, 2.05) is 18.2 Å². The summed E-state index contributed by atoms with van der Waals surface area (Å²) in [5.41, 5.74) is 8.91.